The van der Waals surface area contributed by atoms with E-state index in [1.54, 1.807) is 37.3 Å². The molecular weight excluding hydrogens is 292 g/mol. The van der Waals surface area contributed by atoms with Crippen LogP contribution in [0, 0.1) is 17.0 Å². The number of rotatable bonds is 4. The predicted molar refractivity (Wildman–Crippen MR) is 81.8 cm³/mol. The van der Waals surface area contributed by atoms with E-state index >= 15 is 0 Å². The lowest BCUT2D eigenvalue weighted by molar-refractivity contribution is -0.384. The van der Waals surface area contributed by atoms with Crippen molar-refractivity contribution in [3.05, 3.63) is 69.3 Å². The van der Waals surface area contributed by atoms with Crippen molar-refractivity contribution in [1.82, 2.24) is 0 Å². The molecule has 2 aromatic rings. The van der Waals surface area contributed by atoms with Crippen LogP contribution in [-0.4, -0.2) is 10.8 Å². The van der Waals surface area contributed by atoms with Gasteiger partial charge in [0.1, 0.15) is 0 Å². The summed E-state index contributed by atoms with van der Waals surface area (Å²) in [5, 5.41) is 13.5. The number of carbonyl (C=O) groups excluding carboxylic acids is 1. The molecule has 0 spiro atoms. The highest BCUT2D eigenvalue weighted by atomic mass is 35.5. The van der Waals surface area contributed by atoms with Crippen molar-refractivity contribution in [2.45, 2.75) is 12.8 Å². The Morgan fingerprint density at radius 2 is 1.90 bits per heavy atom. The summed E-state index contributed by atoms with van der Waals surface area (Å²) in [5.74, 6) is 0.0126. The van der Waals surface area contributed by atoms with Gasteiger partial charge in [-0.1, -0.05) is 12.1 Å². The molecule has 108 valence electrons. The summed E-state index contributed by atoms with van der Waals surface area (Å²) in [6.45, 7) is 1.71. The van der Waals surface area contributed by atoms with E-state index < -0.39 is 4.92 Å². The molecule has 6 heteroatoms. The van der Waals surface area contributed by atoms with Crippen LogP contribution < -0.4 is 5.32 Å². The molecule has 0 heterocycles. The van der Waals surface area contributed by atoms with Crippen molar-refractivity contribution >= 4 is 28.9 Å². The number of nitro groups is 1. The topological polar surface area (TPSA) is 72.2 Å². The number of benzene rings is 2. The number of hydrogen-bond donors (Lipinski definition) is 1. The van der Waals surface area contributed by atoms with E-state index in [4.69, 9.17) is 11.6 Å². The lowest BCUT2D eigenvalue weighted by Gasteiger charge is -2.06. The van der Waals surface area contributed by atoms with Gasteiger partial charge in [-0.15, -0.1) is 11.6 Å². The molecule has 0 fully saturated rings. The Bertz CT molecular complexity index is 684. The molecule has 0 saturated heterocycles. The van der Waals surface area contributed by atoms with Crippen LogP contribution >= 0.6 is 11.6 Å². The SMILES string of the molecule is Cc1cc(C(=O)Nc2ccc(CCl)cc2)cc([N+](=O)[O-])c1. The number of anilines is 1. The minimum absolute atomic E-state index is 0.0994. The van der Waals surface area contributed by atoms with Gasteiger partial charge in [-0.05, 0) is 36.2 Å². The Morgan fingerprint density at radius 1 is 1.24 bits per heavy atom. The van der Waals surface area contributed by atoms with Crippen LogP contribution in [0.25, 0.3) is 0 Å². The standard InChI is InChI=1S/C15H13ClN2O3/c1-10-6-12(8-14(7-10)18(20)21)15(19)17-13-4-2-11(9-16)3-5-13/h2-8H,9H2,1H3,(H,17,19). The fourth-order valence-corrected chi connectivity index (χ4v) is 2.06. The molecule has 2 aromatic carbocycles. The molecule has 21 heavy (non-hydrogen) atoms. The van der Waals surface area contributed by atoms with Crippen LogP contribution in [0.5, 0.6) is 0 Å². The highest BCUT2D eigenvalue weighted by Gasteiger charge is 2.13. The predicted octanol–water partition coefficient (Wildman–Crippen LogP) is 3.89. The largest absolute Gasteiger partial charge is 0.322 e. The lowest BCUT2D eigenvalue weighted by Crippen LogP contribution is -2.12. The maximum atomic E-state index is 12.1. The maximum Gasteiger partial charge on any atom is 0.270 e. The van der Waals surface area contributed by atoms with E-state index in [0.29, 0.717) is 17.1 Å². The van der Waals surface area contributed by atoms with Gasteiger partial charge in [-0.3, -0.25) is 14.9 Å². The fraction of sp³-hybridized carbons (Fsp3) is 0.133. The molecule has 0 unspecified atom stereocenters. The van der Waals surface area contributed by atoms with Gasteiger partial charge in [0.15, 0.2) is 0 Å². The summed E-state index contributed by atoms with van der Waals surface area (Å²) in [6, 6.07) is 11.4. The fourth-order valence-electron chi connectivity index (χ4n) is 1.88. The van der Waals surface area contributed by atoms with E-state index in [9.17, 15) is 14.9 Å². The molecule has 5 nitrogen and oxygen atoms in total. The first-order valence-corrected chi connectivity index (χ1v) is 6.75. The number of aryl methyl sites for hydroxylation is 1. The second kappa shape index (κ2) is 6.37. The summed E-state index contributed by atoms with van der Waals surface area (Å²) >= 11 is 5.69. The number of hydrogen-bond acceptors (Lipinski definition) is 3. The zero-order valence-electron chi connectivity index (χ0n) is 11.3. The van der Waals surface area contributed by atoms with Crippen LogP contribution in [0.15, 0.2) is 42.5 Å². The summed E-state index contributed by atoms with van der Waals surface area (Å²) in [4.78, 5) is 22.4. The third-order valence-corrected chi connectivity index (χ3v) is 3.21. The van der Waals surface area contributed by atoms with Crippen LogP contribution in [-0.2, 0) is 5.88 Å². The van der Waals surface area contributed by atoms with Crippen molar-refractivity contribution in [3.63, 3.8) is 0 Å². The Kier molecular flexibility index (Phi) is 4.55. The summed E-state index contributed by atoms with van der Waals surface area (Å²) in [7, 11) is 0. The highest BCUT2D eigenvalue weighted by molar-refractivity contribution is 6.17. The molecule has 1 N–H and O–H groups in total. The van der Waals surface area contributed by atoms with Crippen molar-refractivity contribution in [1.29, 1.82) is 0 Å². The van der Waals surface area contributed by atoms with Crippen molar-refractivity contribution in [3.8, 4) is 0 Å². The van der Waals surface area contributed by atoms with Gasteiger partial charge < -0.3 is 5.32 Å². The molecule has 0 aliphatic heterocycles. The van der Waals surface area contributed by atoms with Crippen molar-refractivity contribution in [2.24, 2.45) is 0 Å². The maximum absolute atomic E-state index is 12.1. The highest BCUT2D eigenvalue weighted by Crippen LogP contribution is 2.18. The second-order valence-electron chi connectivity index (χ2n) is 4.60. The van der Waals surface area contributed by atoms with E-state index in [1.807, 2.05) is 0 Å². The van der Waals surface area contributed by atoms with Crippen molar-refractivity contribution < 1.29 is 9.72 Å². The van der Waals surface area contributed by atoms with Gasteiger partial charge in [-0.25, -0.2) is 0 Å². The number of amides is 1. The van der Waals surface area contributed by atoms with E-state index in [1.165, 1.54) is 12.1 Å². The molecule has 0 aliphatic rings. The minimum Gasteiger partial charge on any atom is -0.322 e. The Labute approximate surface area is 126 Å². The first kappa shape index (κ1) is 15.0. The molecule has 0 radical (unpaired) electrons. The minimum atomic E-state index is -0.515. The van der Waals surface area contributed by atoms with Gasteiger partial charge in [0.05, 0.1) is 4.92 Å². The average molecular weight is 305 g/mol. The molecule has 0 atom stereocenters. The Hall–Kier alpha value is -2.40. The Balaban J connectivity index is 2.21. The molecule has 0 saturated carbocycles. The quantitative estimate of drug-likeness (QED) is 0.529. The molecule has 0 aliphatic carbocycles. The normalized spacial score (nSPS) is 10.2. The van der Waals surface area contributed by atoms with Gasteiger partial charge >= 0.3 is 0 Å². The van der Waals surface area contributed by atoms with Crippen molar-refractivity contribution in [2.75, 3.05) is 5.32 Å². The van der Waals surface area contributed by atoms with Gasteiger partial charge in [0, 0.05) is 29.3 Å². The van der Waals surface area contributed by atoms with Crippen LogP contribution in [0.1, 0.15) is 21.5 Å². The third kappa shape index (κ3) is 3.79. The molecule has 1 amide bonds. The second-order valence-corrected chi connectivity index (χ2v) is 4.87. The van der Waals surface area contributed by atoms with Gasteiger partial charge in [0.2, 0.25) is 0 Å². The Morgan fingerprint density at radius 3 is 2.48 bits per heavy atom. The van der Waals surface area contributed by atoms with Gasteiger partial charge in [0.25, 0.3) is 11.6 Å². The molecular formula is C15H13ClN2O3. The van der Waals surface area contributed by atoms with E-state index in [2.05, 4.69) is 5.32 Å². The monoisotopic (exact) mass is 304 g/mol. The van der Waals surface area contributed by atoms with E-state index in [0.717, 1.165) is 5.56 Å². The number of halogens is 1. The first-order chi connectivity index (χ1) is 9.99. The average Bonchev–Trinajstić information content (AvgIpc) is 2.47. The number of nitrogens with one attached hydrogen (secondary N) is 1. The number of carbonyl (C=O) groups is 1. The number of nitro benzene ring substituents is 1. The summed E-state index contributed by atoms with van der Waals surface area (Å²) < 4.78 is 0. The molecule has 2 rings (SSSR count). The zero-order chi connectivity index (χ0) is 15.4. The lowest BCUT2D eigenvalue weighted by atomic mass is 10.1. The summed E-state index contributed by atoms with van der Waals surface area (Å²) in [5.41, 5.74) is 2.37. The number of non-ortho nitro benzene ring substituents is 1. The third-order valence-electron chi connectivity index (χ3n) is 2.90. The first-order valence-electron chi connectivity index (χ1n) is 6.22. The van der Waals surface area contributed by atoms with Crippen LogP contribution in [0.4, 0.5) is 11.4 Å². The summed E-state index contributed by atoms with van der Waals surface area (Å²) in [6.07, 6.45) is 0. The van der Waals surface area contributed by atoms with E-state index in [-0.39, 0.29) is 17.2 Å². The molecule has 0 bridgehead atoms. The zero-order valence-corrected chi connectivity index (χ0v) is 12.1. The number of alkyl halides is 1. The smallest absolute Gasteiger partial charge is 0.270 e. The van der Waals surface area contributed by atoms with Gasteiger partial charge in [-0.2, -0.15) is 0 Å². The van der Waals surface area contributed by atoms with Crippen LogP contribution in [0.2, 0.25) is 0 Å². The van der Waals surface area contributed by atoms with Crippen LogP contribution in [0.3, 0.4) is 0 Å². The molecule has 0 aromatic heterocycles. The number of nitrogens with zero attached hydrogens (tertiary/aromatic N) is 1.